The first-order valence-electron chi connectivity index (χ1n) is 7.23. The Hall–Kier alpha value is -1.71. The van der Waals surface area contributed by atoms with E-state index in [-0.39, 0.29) is 5.82 Å². The number of rotatable bonds is 2. The number of ether oxygens (including phenoxy) is 2. The van der Waals surface area contributed by atoms with Crippen LogP contribution in [0.15, 0.2) is 42.5 Å². The summed E-state index contributed by atoms with van der Waals surface area (Å²) in [5.41, 5.74) is 3.37. The Balaban J connectivity index is 1.84. The van der Waals surface area contributed by atoms with Crippen molar-refractivity contribution in [3.63, 3.8) is 0 Å². The second kappa shape index (κ2) is 5.96. The van der Waals surface area contributed by atoms with Gasteiger partial charge in [0.1, 0.15) is 5.82 Å². The van der Waals surface area contributed by atoms with Crippen molar-refractivity contribution in [3.8, 4) is 11.1 Å². The minimum absolute atomic E-state index is 0.248. The van der Waals surface area contributed by atoms with Gasteiger partial charge in [0, 0.05) is 17.0 Å². The summed E-state index contributed by atoms with van der Waals surface area (Å²) in [4.78, 5) is 0. The van der Waals surface area contributed by atoms with Crippen LogP contribution < -0.4 is 0 Å². The molecule has 0 spiro atoms. The minimum atomic E-state index is -0.456. The van der Waals surface area contributed by atoms with Gasteiger partial charge < -0.3 is 9.47 Å². The van der Waals surface area contributed by atoms with Crippen LogP contribution in [0.1, 0.15) is 24.3 Å². The van der Waals surface area contributed by atoms with Crippen LogP contribution in [0.2, 0.25) is 0 Å². The molecule has 0 aliphatic carbocycles. The van der Waals surface area contributed by atoms with Crippen LogP contribution >= 0.6 is 0 Å². The highest BCUT2D eigenvalue weighted by atomic mass is 19.1. The van der Waals surface area contributed by atoms with Crippen molar-refractivity contribution in [3.05, 3.63) is 59.4 Å². The molecule has 0 bridgehead atoms. The smallest absolute Gasteiger partial charge is 0.183 e. The van der Waals surface area contributed by atoms with Crippen molar-refractivity contribution in [2.24, 2.45) is 5.92 Å². The van der Waals surface area contributed by atoms with Crippen LogP contribution in [0.25, 0.3) is 11.1 Å². The fourth-order valence-electron chi connectivity index (χ4n) is 2.44. The third kappa shape index (κ3) is 3.14. The van der Waals surface area contributed by atoms with E-state index in [1.807, 2.05) is 37.3 Å². The minimum Gasteiger partial charge on any atom is -0.348 e. The number of aryl methyl sites for hydroxylation is 1. The topological polar surface area (TPSA) is 18.5 Å². The molecule has 2 nitrogen and oxygen atoms in total. The summed E-state index contributed by atoms with van der Waals surface area (Å²) in [7, 11) is 0. The molecule has 2 aromatic rings. The maximum absolute atomic E-state index is 14.4. The van der Waals surface area contributed by atoms with E-state index in [1.165, 1.54) is 6.07 Å². The molecular formula is C18H19FO2. The fraction of sp³-hybridized carbons (Fsp3) is 0.333. The Morgan fingerprint density at radius 3 is 2.29 bits per heavy atom. The summed E-state index contributed by atoms with van der Waals surface area (Å²) in [5, 5.41) is 0. The van der Waals surface area contributed by atoms with Crippen LogP contribution in [0.4, 0.5) is 4.39 Å². The second-order valence-electron chi connectivity index (χ2n) is 5.71. The number of benzene rings is 2. The zero-order valence-electron chi connectivity index (χ0n) is 12.3. The van der Waals surface area contributed by atoms with Crippen molar-refractivity contribution in [1.29, 1.82) is 0 Å². The Morgan fingerprint density at radius 1 is 1.00 bits per heavy atom. The Morgan fingerprint density at radius 2 is 1.67 bits per heavy atom. The molecule has 0 unspecified atom stereocenters. The van der Waals surface area contributed by atoms with Gasteiger partial charge in [0.05, 0.1) is 13.2 Å². The molecule has 0 saturated carbocycles. The van der Waals surface area contributed by atoms with Crippen molar-refractivity contribution >= 4 is 0 Å². The lowest BCUT2D eigenvalue weighted by Crippen LogP contribution is -2.25. The third-order valence-corrected chi connectivity index (χ3v) is 3.69. The Kier molecular flexibility index (Phi) is 4.04. The molecular weight excluding hydrogens is 267 g/mol. The van der Waals surface area contributed by atoms with E-state index < -0.39 is 6.29 Å². The molecule has 3 rings (SSSR count). The van der Waals surface area contributed by atoms with Crippen LogP contribution in [0.3, 0.4) is 0 Å². The highest BCUT2D eigenvalue weighted by Gasteiger charge is 2.21. The van der Waals surface area contributed by atoms with E-state index in [9.17, 15) is 4.39 Å². The summed E-state index contributed by atoms with van der Waals surface area (Å²) >= 11 is 0. The summed E-state index contributed by atoms with van der Waals surface area (Å²) in [6, 6.07) is 13.0. The lowest BCUT2D eigenvalue weighted by molar-refractivity contribution is -0.202. The lowest BCUT2D eigenvalue weighted by Gasteiger charge is -2.27. The van der Waals surface area contributed by atoms with Gasteiger partial charge >= 0.3 is 0 Å². The maximum Gasteiger partial charge on any atom is 0.183 e. The molecule has 0 N–H and O–H groups in total. The van der Waals surface area contributed by atoms with Crippen LogP contribution in [-0.2, 0) is 9.47 Å². The summed E-state index contributed by atoms with van der Waals surface area (Å²) in [6.45, 7) is 5.37. The van der Waals surface area contributed by atoms with Gasteiger partial charge in [-0.25, -0.2) is 4.39 Å². The number of hydrogen-bond acceptors (Lipinski definition) is 2. The molecule has 0 amide bonds. The van der Waals surface area contributed by atoms with Gasteiger partial charge in [-0.15, -0.1) is 0 Å². The normalized spacial score (nSPS) is 22.2. The number of hydrogen-bond donors (Lipinski definition) is 0. The Labute approximate surface area is 124 Å². The Bertz CT molecular complexity index is 614. The average molecular weight is 286 g/mol. The monoisotopic (exact) mass is 286 g/mol. The zero-order valence-corrected chi connectivity index (χ0v) is 12.3. The molecule has 2 aromatic carbocycles. The van der Waals surface area contributed by atoms with Gasteiger partial charge in [-0.05, 0) is 18.6 Å². The molecule has 1 aliphatic heterocycles. The van der Waals surface area contributed by atoms with Gasteiger partial charge in [-0.2, -0.15) is 0 Å². The molecule has 0 aromatic heterocycles. The van der Waals surface area contributed by atoms with Gasteiger partial charge in [-0.1, -0.05) is 48.9 Å². The highest BCUT2D eigenvalue weighted by molar-refractivity contribution is 5.64. The van der Waals surface area contributed by atoms with Gasteiger partial charge in [-0.3, -0.25) is 0 Å². The van der Waals surface area contributed by atoms with Crippen molar-refractivity contribution in [2.75, 3.05) is 13.2 Å². The van der Waals surface area contributed by atoms with Gasteiger partial charge in [0.2, 0.25) is 0 Å². The fourth-order valence-corrected chi connectivity index (χ4v) is 2.44. The first-order chi connectivity index (χ1) is 10.1. The first-order valence-corrected chi connectivity index (χ1v) is 7.23. The van der Waals surface area contributed by atoms with E-state index in [1.54, 1.807) is 6.07 Å². The van der Waals surface area contributed by atoms with E-state index in [0.29, 0.717) is 24.7 Å². The molecule has 110 valence electrons. The molecule has 0 atom stereocenters. The summed E-state index contributed by atoms with van der Waals surface area (Å²) in [5.74, 6) is 0.139. The van der Waals surface area contributed by atoms with E-state index in [2.05, 4.69) is 6.92 Å². The predicted octanol–water partition coefficient (Wildman–Crippen LogP) is 4.48. The summed E-state index contributed by atoms with van der Waals surface area (Å²) < 4.78 is 25.6. The zero-order chi connectivity index (χ0) is 14.8. The molecule has 1 heterocycles. The predicted molar refractivity (Wildman–Crippen MR) is 80.4 cm³/mol. The van der Waals surface area contributed by atoms with Gasteiger partial charge in [0.15, 0.2) is 6.29 Å². The third-order valence-electron chi connectivity index (χ3n) is 3.69. The molecule has 1 saturated heterocycles. The van der Waals surface area contributed by atoms with Crippen molar-refractivity contribution in [1.82, 2.24) is 0 Å². The van der Waals surface area contributed by atoms with Crippen LogP contribution in [0.5, 0.6) is 0 Å². The molecule has 0 radical (unpaired) electrons. The van der Waals surface area contributed by atoms with E-state index in [4.69, 9.17) is 9.47 Å². The molecule has 1 aliphatic rings. The van der Waals surface area contributed by atoms with Crippen LogP contribution in [-0.4, -0.2) is 13.2 Å². The number of halogens is 1. The second-order valence-corrected chi connectivity index (χ2v) is 5.71. The van der Waals surface area contributed by atoms with E-state index in [0.717, 1.165) is 16.7 Å². The molecule has 1 fully saturated rings. The van der Waals surface area contributed by atoms with Gasteiger partial charge in [0.25, 0.3) is 0 Å². The SMILES string of the molecule is Cc1ccc(-c2ccc(C3OCC(C)CO3)cc2F)cc1. The standard InChI is InChI=1S/C18H19FO2/c1-12-3-5-14(6-4-12)16-8-7-15(9-17(16)19)18-20-10-13(2)11-21-18/h3-9,13,18H,10-11H2,1-2H3. The highest BCUT2D eigenvalue weighted by Crippen LogP contribution is 2.29. The molecule has 3 heteroatoms. The summed E-state index contributed by atoms with van der Waals surface area (Å²) in [6.07, 6.45) is -0.456. The maximum atomic E-state index is 14.4. The quantitative estimate of drug-likeness (QED) is 0.810. The van der Waals surface area contributed by atoms with Crippen molar-refractivity contribution < 1.29 is 13.9 Å². The average Bonchev–Trinajstić information content (AvgIpc) is 2.49. The van der Waals surface area contributed by atoms with Crippen molar-refractivity contribution in [2.45, 2.75) is 20.1 Å². The molecule has 21 heavy (non-hydrogen) atoms. The van der Waals surface area contributed by atoms with E-state index >= 15 is 0 Å². The largest absolute Gasteiger partial charge is 0.348 e. The van der Waals surface area contributed by atoms with Crippen LogP contribution in [0, 0.1) is 18.7 Å². The lowest BCUT2D eigenvalue weighted by atomic mass is 10.0. The first kappa shape index (κ1) is 14.2.